The molecule has 1 aromatic rings. The highest BCUT2D eigenvalue weighted by Crippen LogP contribution is 2.38. The standard InChI is InChI=1S/C17H20N2O4/c1-10-9-13(10)15(20)18-12-6-4-11(5-7-12)16(21)19-8-2-3-14(19)17(22)23/h4-7,10,13-14H,2-3,8-9H2,1H3,(H,18,20)(H,22,23). The number of benzene rings is 1. The molecule has 1 aromatic carbocycles. The minimum Gasteiger partial charge on any atom is -0.480 e. The van der Waals surface area contributed by atoms with Gasteiger partial charge >= 0.3 is 5.97 Å². The van der Waals surface area contributed by atoms with E-state index >= 15 is 0 Å². The number of amides is 2. The van der Waals surface area contributed by atoms with Gasteiger partial charge in [0, 0.05) is 23.7 Å². The molecule has 0 bridgehead atoms. The lowest BCUT2D eigenvalue weighted by atomic mass is 10.1. The number of nitrogens with zero attached hydrogens (tertiary/aromatic N) is 1. The zero-order valence-corrected chi connectivity index (χ0v) is 13.0. The van der Waals surface area contributed by atoms with Gasteiger partial charge in [0.1, 0.15) is 6.04 Å². The lowest BCUT2D eigenvalue weighted by molar-refractivity contribution is -0.141. The van der Waals surface area contributed by atoms with Crippen LogP contribution in [0, 0.1) is 11.8 Å². The van der Waals surface area contributed by atoms with Crippen LogP contribution in [0.5, 0.6) is 0 Å². The number of carboxylic acid groups (broad SMARTS) is 1. The number of carbonyl (C=O) groups excluding carboxylic acids is 2. The van der Waals surface area contributed by atoms with Crippen molar-refractivity contribution < 1.29 is 19.5 Å². The molecule has 0 radical (unpaired) electrons. The first kappa shape index (κ1) is 15.5. The number of anilines is 1. The Morgan fingerprint density at radius 2 is 1.87 bits per heavy atom. The van der Waals surface area contributed by atoms with Crippen LogP contribution in [-0.4, -0.2) is 40.4 Å². The van der Waals surface area contributed by atoms with Gasteiger partial charge in [-0.1, -0.05) is 6.92 Å². The molecule has 2 N–H and O–H groups in total. The predicted octanol–water partition coefficient (Wildman–Crippen LogP) is 1.97. The fraction of sp³-hybridized carbons (Fsp3) is 0.471. The zero-order chi connectivity index (χ0) is 16.6. The number of carbonyl (C=O) groups is 3. The van der Waals surface area contributed by atoms with Crippen LogP contribution in [0.15, 0.2) is 24.3 Å². The third-order valence-electron chi connectivity index (χ3n) is 4.64. The normalized spacial score (nSPS) is 26.0. The Morgan fingerprint density at radius 1 is 1.22 bits per heavy atom. The van der Waals surface area contributed by atoms with Gasteiger partial charge in [-0.25, -0.2) is 4.79 Å². The predicted molar refractivity (Wildman–Crippen MR) is 84.0 cm³/mol. The minimum atomic E-state index is -0.960. The summed E-state index contributed by atoms with van der Waals surface area (Å²) in [7, 11) is 0. The largest absolute Gasteiger partial charge is 0.480 e. The number of rotatable bonds is 4. The maximum atomic E-state index is 12.4. The average molecular weight is 316 g/mol. The smallest absolute Gasteiger partial charge is 0.326 e. The van der Waals surface area contributed by atoms with Gasteiger partial charge < -0.3 is 15.3 Å². The molecule has 1 aliphatic heterocycles. The van der Waals surface area contributed by atoms with Crippen LogP contribution in [0.3, 0.4) is 0 Å². The SMILES string of the molecule is CC1CC1C(=O)Nc1ccc(C(=O)N2CCCC2C(=O)O)cc1. The Hall–Kier alpha value is -2.37. The van der Waals surface area contributed by atoms with Crippen molar-refractivity contribution in [3.8, 4) is 0 Å². The zero-order valence-electron chi connectivity index (χ0n) is 13.0. The molecule has 1 saturated carbocycles. The summed E-state index contributed by atoms with van der Waals surface area (Å²) in [5.74, 6) is -0.680. The molecular formula is C17H20N2O4. The number of carboxylic acids is 1. The number of aliphatic carboxylic acids is 1. The lowest BCUT2D eigenvalue weighted by Gasteiger charge is -2.21. The molecule has 1 heterocycles. The quantitative estimate of drug-likeness (QED) is 0.889. The summed E-state index contributed by atoms with van der Waals surface area (Å²) < 4.78 is 0. The second kappa shape index (κ2) is 6.02. The van der Waals surface area contributed by atoms with Gasteiger partial charge in [-0.15, -0.1) is 0 Å². The highest BCUT2D eigenvalue weighted by atomic mass is 16.4. The van der Waals surface area contributed by atoms with Gasteiger partial charge in [0.15, 0.2) is 0 Å². The number of hydrogen-bond acceptors (Lipinski definition) is 3. The molecule has 3 unspecified atom stereocenters. The Balaban J connectivity index is 1.65. The maximum absolute atomic E-state index is 12.4. The second-order valence-electron chi connectivity index (χ2n) is 6.38. The van der Waals surface area contributed by atoms with Crippen molar-refractivity contribution in [1.82, 2.24) is 4.90 Å². The molecule has 3 rings (SSSR count). The van der Waals surface area contributed by atoms with Gasteiger partial charge in [0.05, 0.1) is 0 Å². The number of nitrogens with one attached hydrogen (secondary N) is 1. The van der Waals surface area contributed by atoms with Crippen LogP contribution in [0.4, 0.5) is 5.69 Å². The van der Waals surface area contributed by atoms with Gasteiger partial charge in [-0.3, -0.25) is 9.59 Å². The third kappa shape index (κ3) is 3.21. The summed E-state index contributed by atoms with van der Waals surface area (Å²) in [6, 6.07) is 5.89. The van der Waals surface area contributed by atoms with E-state index < -0.39 is 12.0 Å². The summed E-state index contributed by atoms with van der Waals surface area (Å²) in [5, 5.41) is 12.0. The maximum Gasteiger partial charge on any atom is 0.326 e. The van der Waals surface area contributed by atoms with Gasteiger partial charge in [0.2, 0.25) is 5.91 Å². The van der Waals surface area contributed by atoms with E-state index in [1.165, 1.54) is 4.90 Å². The van der Waals surface area contributed by atoms with Crippen molar-refractivity contribution in [2.24, 2.45) is 11.8 Å². The van der Waals surface area contributed by atoms with E-state index in [4.69, 9.17) is 5.11 Å². The Labute approximate surface area is 134 Å². The van der Waals surface area contributed by atoms with Gasteiger partial charge in [-0.2, -0.15) is 0 Å². The van der Waals surface area contributed by atoms with Crippen LogP contribution in [0.1, 0.15) is 36.5 Å². The monoisotopic (exact) mass is 316 g/mol. The average Bonchev–Trinajstić information content (AvgIpc) is 3.07. The van der Waals surface area contributed by atoms with Crippen molar-refractivity contribution >= 4 is 23.5 Å². The van der Waals surface area contributed by atoms with Crippen LogP contribution < -0.4 is 5.32 Å². The molecule has 1 aliphatic carbocycles. The topological polar surface area (TPSA) is 86.7 Å². The van der Waals surface area contributed by atoms with E-state index in [2.05, 4.69) is 5.32 Å². The molecule has 23 heavy (non-hydrogen) atoms. The summed E-state index contributed by atoms with van der Waals surface area (Å²) >= 11 is 0. The Morgan fingerprint density at radius 3 is 2.43 bits per heavy atom. The molecule has 122 valence electrons. The first-order valence-electron chi connectivity index (χ1n) is 7.92. The van der Waals surface area contributed by atoms with E-state index in [-0.39, 0.29) is 17.7 Å². The van der Waals surface area contributed by atoms with Crippen molar-refractivity contribution in [1.29, 1.82) is 0 Å². The van der Waals surface area contributed by atoms with E-state index in [0.717, 1.165) is 6.42 Å². The van der Waals surface area contributed by atoms with Gasteiger partial charge in [0.25, 0.3) is 5.91 Å². The van der Waals surface area contributed by atoms with E-state index in [9.17, 15) is 14.4 Å². The summed E-state index contributed by atoms with van der Waals surface area (Å²) in [6.45, 7) is 2.51. The first-order valence-corrected chi connectivity index (χ1v) is 7.92. The highest BCUT2D eigenvalue weighted by Gasteiger charge is 2.39. The fourth-order valence-electron chi connectivity index (χ4n) is 3.05. The molecule has 6 heteroatoms. The molecule has 2 aliphatic rings. The summed E-state index contributed by atoms with van der Waals surface area (Å²) in [6.07, 6.45) is 2.12. The van der Waals surface area contributed by atoms with E-state index in [0.29, 0.717) is 36.6 Å². The van der Waals surface area contributed by atoms with Crippen LogP contribution in [-0.2, 0) is 9.59 Å². The number of hydrogen-bond donors (Lipinski definition) is 2. The molecule has 0 aromatic heterocycles. The van der Waals surface area contributed by atoms with Crippen LogP contribution >= 0.6 is 0 Å². The molecule has 1 saturated heterocycles. The third-order valence-corrected chi connectivity index (χ3v) is 4.64. The summed E-state index contributed by atoms with van der Waals surface area (Å²) in [4.78, 5) is 36.9. The second-order valence-corrected chi connectivity index (χ2v) is 6.38. The highest BCUT2D eigenvalue weighted by molar-refractivity contribution is 5.98. The Kier molecular flexibility index (Phi) is 4.07. The van der Waals surface area contributed by atoms with Gasteiger partial charge in [-0.05, 0) is 49.4 Å². The van der Waals surface area contributed by atoms with Crippen LogP contribution in [0.25, 0.3) is 0 Å². The lowest BCUT2D eigenvalue weighted by Crippen LogP contribution is -2.40. The molecule has 0 spiro atoms. The molecule has 6 nitrogen and oxygen atoms in total. The van der Waals surface area contributed by atoms with E-state index in [1.807, 2.05) is 6.92 Å². The van der Waals surface area contributed by atoms with E-state index in [1.54, 1.807) is 24.3 Å². The molecule has 3 atom stereocenters. The van der Waals surface area contributed by atoms with Crippen LogP contribution in [0.2, 0.25) is 0 Å². The van der Waals surface area contributed by atoms with Crippen molar-refractivity contribution in [2.45, 2.75) is 32.2 Å². The fourth-order valence-corrected chi connectivity index (χ4v) is 3.05. The molecule has 2 fully saturated rings. The number of likely N-dealkylation sites (tertiary alicyclic amines) is 1. The first-order chi connectivity index (χ1) is 11.0. The van der Waals surface area contributed by atoms with Crippen molar-refractivity contribution in [3.63, 3.8) is 0 Å². The molecule has 2 amide bonds. The van der Waals surface area contributed by atoms with Crippen molar-refractivity contribution in [3.05, 3.63) is 29.8 Å². The minimum absolute atomic E-state index is 0.0158. The Bertz CT molecular complexity index is 640. The van der Waals surface area contributed by atoms with Crippen molar-refractivity contribution in [2.75, 3.05) is 11.9 Å². The summed E-state index contributed by atoms with van der Waals surface area (Å²) in [5.41, 5.74) is 1.10. The molecular weight excluding hydrogens is 296 g/mol.